The predicted octanol–water partition coefficient (Wildman–Crippen LogP) is 4.43. The van der Waals surface area contributed by atoms with E-state index in [0.717, 1.165) is 36.8 Å². The number of rotatable bonds is 7. The fourth-order valence-corrected chi connectivity index (χ4v) is 5.44. The van der Waals surface area contributed by atoms with Crippen LogP contribution in [0.1, 0.15) is 43.7 Å². The van der Waals surface area contributed by atoms with Crippen molar-refractivity contribution in [2.45, 2.75) is 50.7 Å². The smallest absolute Gasteiger partial charge is 0.249 e. The predicted molar refractivity (Wildman–Crippen MR) is 147 cm³/mol. The van der Waals surface area contributed by atoms with Gasteiger partial charge in [0.25, 0.3) is 0 Å². The Kier molecular flexibility index (Phi) is 7.12. The number of para-hydroxylation sites is 1. The summed E-state index contributed by atoms with van der Waals surface area (Å²) < 4.78 is 13.1. The van der Waals surface area contributed by atoms with Crippen molar-refractivity contribution in [2.24, 2.45) is 0 Å². The Morgan fingerprint density at radius 1 is 0.923 bits per heavy atom. The Balaban J connectivity index is 1.41. The van der Waals surface area contributed by atoms with Gasteiger partial charge < -0.3 is 14.8 Å². The van der Waals surface area contributed by atoms with Gasteiger partial charge in [-0.25, -0.2) is 4.68 Å². The molecule has 1 N–H and O–H groups in total. The van der Waals surface area contributed by atoms with E-state index in [4.69, 9.17) is 9.47 Å². The number of carbonyl (C=O) groups is 2. The molecule has 6 rings (SSSR count). The van der Waals surface area contributed by atoms with Crippen LogP contribution in [0.5, 0.6) is 11.5 Å². The van der Waals surface area contributed by atoms with Gasteiger partial charge in [0, 0.05) is 17.8 Å². The quantitative estimate of drug-likeness (QED) is 0.383. The Morgan fingerprint density at radius 2 is 1.67 bits per heavy atom. The molecule has 4 aromatic rings. The highest BCUT2D eigenvalue weighted by molar-refractivity contribution is 6.02. The molecule has 2 heterocycles. The minimum absolute atomic E-state index is 0.0883. The second-order valence-electron chi connectivity index (χ2n) is 9.98. The molecule has 2 amide bonds. The lowest BCUT2D eigenvalue weighted by molar-refractivity contribution is -0.127. The number of benzene rings is 3. The molecular formula is C30H31N5O4. The maximum absolute atomic E-state index is 14.2. The van der Waals surface area contributed by atoms with Crippen LogP contribution < -0.4 is 19.7 Å². The molecule has 0 unspecified atom stereocenters. The van der Waals surface area contributed by atoms with Gasteiger partial charge in [0.15, 0.2) is 11.5 Å². The van der Waals surface area contributed by atoms with Gasteiger partial charge in [0.1, 0.15) is 31.3 Å². The van der Waals surface area contributed by atoms with E-state index in [1.807, 2.05) is 54.6 Å². The van der Waals surface area contributed by atoms with Crippen LogP contribution in [0.25, 0.3) is 11.0 Å². The molecule has 1 aliphatic carbocycles. The average Bonchev–Trinajstić information content (AvgIpc) is 3.39. The van der Waals surface area contributed by atoms with E-state index in [9.17, 15) is 9.59 Å². The molecule has 0 spiro atoms. The van der Waals surface area contributed by atoms with Crippen LogP contribution in [-0.2, 0) is 16.1 Å². The van der Waals surface area contributed by atoms with Gasteiger partial charge in [-0.2, -0.15) is 0 Å². The second kappa shape index (κ2) is 11.1. The van der Waals surface area contributed by atoms with Crippen LogP contribution in [0, 0.1) is 0 Å². The van der Waals surface area contributed by atoms with Crippen LogP contribution in [-0.4, -0.2) is 46.1 Å². The highest BCUT2D eigenvalue weighted by Gasteiger charge is 2.35. The van der Waals surface area contributed by atoms with Gasteiger partial charge in [0.2, 0.25) is 11.8 Å². The molecule has 9 nitrogen and oxygen atoms in total. The molecule has 3 aromatic carbocycles. The van der Waals surface area contributed by atoms with Crippen molar-refractivity contribution < 1.29 is 19.1 Å². The zero-order valence-corrected chi connectivity index (χ0v) is 21.7. The van der Waals surface area contributed by atoms with E-state index in [1.165, 1.54) is 6.42 Å². The normalized spacial score (nSPS) is 16.0. The van der Waals surface area contributed by atoms with Crippen molar-refractivity contribution in [3.63, 3.8) is 0 Å². The molecule has 200 valence electrons. The van der Waals surface area contributed by atoms with E-state index in [-0.39, 0.29) is 24.4 Å². The first-order valence-corrected chi connectivity index (χ1v) is 13.5. The van der Waals surface area contributed by atoms with Crippen molar-refractivity contribution in [2.75, 3.05) is 18.1 Å². The molecule has 39 heavy (non-hydrogen) atoms. The molecule has 1 atom stereocenters. The summed E-state index contributed by atoms with van der Waals surface area (Å²) in [5, 5.41) is 11.7. The number of amides is 2. The van der Waals surface area contributed by atoms with Gasteiger partial charge >= 0.3 is 0 Å². The number of aromatic nitrogens is 3. The third-order valence-electron chi connectivity index (χ3n) is 7.35. The Labute approximate surface area is 226 Å². The lowest BCUT2D eigenvalue weighted by Gasteiger charge is -2.34. The van der Waals surface area contributed by atoms with Crippen LogP contribution in [0.3, 0.4) is 0 Å². The maximum atomic E-state index is 14.2. The van der Waals surface area contributed by atoms with E-state index in [0.29, 0.717) is 35.9 Å². The minimum atomic E-state index is -0.891. The van der Waals surface area contributed by atoms with E-state index in [1.54, 1.807) is 27.8 Å². The highest BCUT2D eigenvalue weighted by atomic mass is 16.6. The molecule has 1 aliphatic heterocycles. The summed E-state index contributed by atoms with van der Waals surface area (Å²) in [6.45, 7) is 0.791. The summed E-state index contributed by atoms with van der Waals surface area (Å²) in [4.78, 5) is 29.8. The van der Waals surface area contributed by atoms with E-state index < -0.39 is 6.04 Å². The van der Waals surface area contributed by atoms with Crippen molar-refractivity contribution in [1.29, 1.82) is 0 Å². The number of nitrogens with one attached hydrogen (secondary N) is 1. The first-order chi connectivity index (χ1) is 19.2. The van der Waals surface area contributed by atoms with Gasteiger partial charge in [-0.1, -0.05) is 66.9 Å². The minimum Gasteiger partial charge on any atom is -0.486 e. The molecule has 0 radical (unpaired) electrons. The first-order valence-electron chi connectivity index (χ1n) is 13.5. The average molecular weight is 526 g/mol. The van der Waals surface area contributed by atoms with Crippen LogP contribution in [0.2, 0.25) is 0 Å². The SMILES string of the molecule is O=C(NC1CCCCC1)[C@@H](c1ccccc1)N(C(=O)Cn1nnc2ccccc21)c1ccc2c(c1)OCCO2. The van der Waals surface area contributed by atoms with Crippen LogP contribution >= 0.6 is 0 Å². The Hall–Kier alpha value is -4.40. The summed E-state index contributed by atoms with van der Waals surface area (Å²) >= 11 is 0. The van der Waals surface area contributed by atoms with Gasteiger partial charge in [-0.15, -0.1) is 5.10 Å². The number of hydrogen-bond donors (Lipinski definition) is 1. The molecule has 9 heteroatoms. The molecule has 0 saturated heterocycles. The van der Waals surface area contributed by atoms with Crippen molar-refractivity contribution in [1.82, 2.24) is 20.3 Å². The third-order valence-corrected chi connectivity index (χ3v) is 7.35. The molecule has 1 fully saturated rings. The number of ether oxygens (including phenoxy) is 2. The first kappa shape index (κ1) is 24.9. The lowest BCUT2D eigenvalue weighted by Crippen LogP contribution is -2.48. The summed E-state index contributed by atoms with van der Waals surface area (Å²) in [6, 6.07) is 21.5. The number of fused-ring (bicyclic) bond motifs is 2. The number of hydrogen-bond acceptors (Lipinski definition) is 6. The summed E-state index contributed by atoms with van der Waals surface area (Å²) in [5.74, 6) is 0.652. The van der Waals surface area contributed by atoms with E-state index in [2.05, 4.69) is 15.6 Å². The van der Waals surface area contributed by atoms with Crippen LogP contribution in [0.4, 0.5) is 5.69 Å². The van der Waals surface area contributed by atoms with Crippen molar-refractivity contribution >= 4 is 28.5 Å². The molecule has 1 aromatic heterocycles. The van der Waals surface area contributed by atoms with Crippen molar-refractivity contribution in [3.05, 3.63) is 78.4 Å². The fourth-order valence-electron chi connectivity index (χ4n) is 5.44. The van der Waals surface area contributed by atoms with Crippen molar-refractivity contribution in [3.8, 4) is 11.5 Å². The zero-order chi connectivity index (χ0) is 26.6. The standard InChI is InChI=1S/C30H31N5O4/c36-28(20-34-25-14-8-7-13-24(25)32-33-34)35(23-15-16-26-27(19-23)39-18-17-38-26)29(21-9-3-1-4-10-21)30(37)31-22-11-5-2-6-12-22/h1,3-4,7-10,13-16,19,22,29H,2,5-6,11-12,17-18,20H2,(H,31,37)/t29-/m1/s1. The Bertz CT molecular complexity index is 1460. The zero-order valence-electron chi connectivity index (χ0n) is 21.7. The molecule has 0 bridgehead atoms. The summed E-state index contributed by atoms with van der Waals surface area (Å²) in [5.41, 5.74) is 2.71. The summed E-state index contributed by atoms with van der Waals surface area (Å²) in [6.07, 6.45) is 5.24. The summed E-state index contributed by atoms with van der Waals surface area (Å²) in [7, 11) is 0. The molecule has 2 aliphatic rings. The molecule has 1 saturated carbocycles. The monoisotopic (exact) mass is 525 g/mol. The second-order valence-corrected chi connectivity index (χ2v) is 9.98. The lowest BCUT2D eigenvalue weighted by atomic mass is 9.94. The largest absolute Gasteiger partial charge is 0.486 e. The van der Waals surface area contributed by atoms with E-state index >= 15 is 0 Å². The van der Waals surface area contributed by atoms with Gasteiger partial charge in [-0.3, -0.25) is 14.5 Å². The maximum Gasteiger partial charge on any atom is 0.249 e. The number of nitrogens with zero attached hydrogens (tertiary/aromatic N) is 4. The topological polar surface area (TPSA) is 98.6 Å². The highest BCUT2D eigenvalue weighted by Crippen LogP contribution is 2.37. The van der Waals surface area contributed by atoms with Gasteiger partial charge in [-0.05, 0) is 42.7 Å². The van der Waals surface area contributed by atoms with Gasteiger partial charge in [0.05, 0.1) is 5.52 Å². The molecular weight excluding hydrogens is 494 g/mol. The Morgan fingerprint density at radius 3 is 2.49 bits per heavy atom. The fraction of sp³-hybridized carbons (Fsp3) is 0.333. The third kappa shape index (κ3) is 5.30. The van der Waals surface area contributed by atoms with Crippen LogP contribution in [0.15, 0.2) is 72.8 Å². The number of anilines is 1. The number of carbonyl (C=O) groups excluding carboxylic acids is 2.